The van der Waals surface area contributed by atoms with E-state index in [1.165, 1.54) is 10.8 Å². The second kappa shape index (κ2) is 6.20. The first-order chi connectivity index (χ1) is 9.35. The van der Waals surface area contributed by atoms with E-state index >= 15 is 0 Å². The Labute approximate surface area is 110 Å². The van der Waals surface area contributed by atoms with Gasteiger partial charge in [0, 0.05) is 10.8 Å². The van der Waals surface area contributed by atoms with Crippen LogP contribution in [0.15, 0.2) is 64.8 Å². The van der Waals surface area contributed by atoms with Gasteiger partial charge < -0.3 is 5.84 Å². The first-order valence-electron chi connectivity index (χ1n) is 5.68. The van der Waals surface area contributed by atoms with Crippen LogP contribution < -0.4 is 5.84 Å². The minimum Gasteiger partial charge on any atom is -0.322 e. The molecule has 1 heterocycles. The SMILES string of the molecule is N=NC=NN.c1ccc2nc3ccccc3cc2c1. The molecule has 3 N–H and O–H groups in total. The normalized spacial score (nSPS) is 10.3. The van der Waals surface area contributed by atoms with Gasteiger partial charge in [-0.25, -0.2) is 10.5 Å². The van der Waals surface area contributed by atoms with Gasteiger partial charge in [-0.15, -0.1) is 5.11 Å². The van der Waals surface area contributed by atoms with Gasteiger partial charge in [-0.1, -0.05) is 36.4 Å². The third-order valence-corrected chi connectivity index (χ3v) is 2.55. The summed E-state index contributed by atoms with van der Waals surface area (Å²) in [5.41, 5.74) is 8.12. The van der Waals surface area contributed by atoms with Crippen molar-refractivity contribution in [1.82, 2.24) is 4.98 Å². The van der Waals surface area contributed by atoms with Crippen molar-refractivity contribution in [1.29, 1.82) is 5.53 Å². The van der Waals surface area contributed by atoms with Crippen molar-refractivity contribution in [3.05, 3.63) is 54.6 Å². The highest BCUT2D eigenvalue weighted by molar-refractivity contribution is 5.92. The lowest BCUT2D eigenvalue weighted by Crippen LogP contribution is -1.80. The van der Waals surface area contributed by atoms with Crippen molar-refractivity contribution in [2.75, 3.05) is 0 Å². The molecular formula is C14H13N5. The van der Waals surface area contributed by atoms with Gasteiger partial charge in [0.15, 0.2) is 6.34 Å². The number of rotatable bonds is 1. The summed E-state index contributed by atoms with van der Waals surface area (Å²) in [6, 6.07) is 18.6. The number of hydrogen-bond acceptors (Lipinski definition) is 4. The van der Waals surface area contributed by atoms with E-state index in [2.05, 4.69) is 39.2 Å². The largest absolute Gasteiger partial charge is 0.322 e. The van der Waals surface area contributed by atoms with E-state index in [1.54, 1.807) is 0 Å². The second-order valence-electron chi connectivity index (χ2n) is 3.77. The van der Waals surface area contributed by atoms with E-state index in [-0.39, 0.29) is 0 Å². The minimum absolute atomic E-state index is 0.944. The maximum Gasteiger partial charge on any atom is 0.156 e. The molecule has 0 saturated heterocycles. The van der Waals surface area contributed by atoms with E-state index in [0.717, 1.165) is 17.4 Å². The predicted octanol–water partition coefficient (Wildman–Crippen LogP) is 3.31. The molecule has 2 aromatic carbocycles. The number of nitrogens with one attached hydrogen (secondary N) is 1. The fraction of sp³-hybridized carbons (Fsp3) is 0. The van der Waals surface area contributed by atoms with Crippen LogP contribution in [0, 0.1) is 5.53 Å². The number of hydrogen-bond donors (Lipinski definition) is 2. The third-order valence-electron chi connectivity index (χ3n) is 2.55. The van der Waals surface area contributed by atoms with Crippen LogP contribution in [0.4, 0.5) is 0 Å². The van der Waals surface area contributed by atoms with Gasteiger partial charge in [-0.2, -0.15) is 5.10 Å². The summed E-state index contributed by atoms with van der Waals surface area (Å²) in [7, 11) is 0. The molecule has 5 nitrogen and oxygen atoms in total. The van der Waals surface area contributed by atoms with Crippen molar-refractivity contribution in [2.24, 2.45) is 16.1 Å². The molecule has 19 heavy (non-hydrogen) atoms. The maximum absolute atomic E-state index is 6.00. The van der Waals surface area contributed by atoms with Gasteiger partial charge in [0.2, 0.25) is 0 Å². The molecule has 0 spiro atoms. The average molecular weight is 251 g/mol. The Morgan fingerprint density at radius 2 is 1.47 bits per heavy atom. The lowest BCUT2D eigenvalue weighted by molar-refractivity contribution is 1.17. The molecule has 0 saturated carbocycles. The van der Waals surface area contributed by atoms with Crippen LogP contribution in [0.25, 0.3) is 21.8 Å². The Morgan fingerprint density at radius 1 is 0.947 bits per heavy atom. The third kappa shape index (κ3) is 3.10. The molecule has 0 unspecified atom stereocenters. The van der Waals surface area contributed by atoms with E-state index in [9.17, 15) is 0 Å². The van der Waals surface area contributed by atoms with E-state index in [1.807, 2.05) is 36.4 Å². The molecule has 0 amide bonds. The highest BCUT2D eigenvalue weighted by atomic mass is 15.2. The zero-order valence-corrected chi connectivity index (χ0v) is 10.2. The molecule has 0 fully saturated rings. The summed E-state index contributed by atoms with van der Waals surface area (Å²) in [6.45, 7) is 0. The number of fused-ring (bicyclic) bond motifs is 2. The number of nitrogens with two attached hydrogens (primary N) is 1. The molecule has 0 aliphatic rings. The standard InChI is InChI=1S/C13H9N.CH4N4/c1-3-7-12-10(5-1)9-11-6-2-4-8-13(11)14-12;2-4-1-5-3/h1-9H;1-2H,3H2. The summed E-state index contributed by atoms with van der Waals surface area (Å²) < 4.78 is 0. The summed E-state index contributed by atoms with van der Waals surface area (Å²) in [5, 5.41) is 7.96. The van der Waals surface area contributed by atoms with Gasteiger partial charge in [0.1, 0.15) is 0 Å². The number of pyridine rings is 1. The predicted molar refractivity (Wildman–Crippen MR) is 77.1 cm³/mol. The van der Waals surface area contributed by atoms with E-state index in [0.29, 0.717) is 0 Å². The summed E-state index contributed by atoms with van der Waals surface area (Å²) >= 11 is 0. The number of benzene rings is 2. The van der Waals surface area contributed by atoms with E-state index in [4.69, 9.17) is 5.53 Å². The maximum atomic E-state index is 6.00. The summed E-state index contributed by atoms with van der Waals surface area (Å²) in [6.07, 6.45) is 0.944. The lowest BCUT2D eigenvalue weighted by Gasteiger charge is -1.99. The second-order valence-corrected chi connectivity index (χ2v) is 3.77. The van der Waals surface area contributed by atoms with Crippen LogP contribution in [0.2, 0.25) is 0 Å². The Bertz CT molecular complexity index is 616. The molecule has 0 atom stereocenters. The first-order valence-corrected chi connectivity index (χ1v) is 5.68. The zero-order valence-electron chi connectivity index (χ0n) is 10.2. The molecule has 0 bridgehead atoms. The Hall–Kier alpha value is -2.82. The van der Waals surface area contributed by atoms with Crippen LogP contribution in [0.3, 0.4) is 0 Å². The van der Waals surface area contributed by atoms with Gasteiger partial charge in [0.05, 0.1) is 11.0 Å². The Morgan fingerprint density at radius 3 is 1.89 bits per heavy atom. The molecule has 5 heteroatoms. The highest BCUT2D eigenvalue weighted by Crippen LogP contribution is 2.18. The Balaban J connectivity index is 0.000000232. The van der Waals surface area contributed by atoms with Crippen molar-refractivity contribution in [2.45, 2.75) is 0 Å². The van der Waals surface area contributed by atoms with Crippen molar-refractivity contribution in [3.8, 4) is 0 Å². The fourth-order valence-electron chi connectivity index (χ4n) is 1.75. The molecule has 0 aliphatic heterocycles. The molecule has 1 aromatic heterocycles. The summed E-state index contributed by atoms with van der Waals surface area (Å²) in [5.74, 6) is 4.49. The fourth-order valence-corrected chi connectivity index (χ4v) is 1.75. The molecule has 0 aliphatic carbocycles. The lowest BCUT2D eigenvalue weighted by atomic mass is 10.1. The highest BCUT2D eigenvalue weighted by Gasteiger charge is 1.96. The van der Waals surface area contributed by atoms with Gasteiger partial charge in [-0.3, -0.25) is 0 Å². The summed E-state index contributed by atoms with van der Waals surface area (Å²) in [4.78, 5) is 4.58. The Kier molecular flexibility index (Phi) is 4.12. The number of nitrogens with zero attached hydrogens (tertiary/aromatic N) is 3. The monoisotopic (exact) mass is 251 g/mol. The van der Waals surface area contributed by atoms with Crippen molar-refractivity contribution >= 4 is 28.1 Å². The van der Waals surface area contributed by atoms with E-state index < -0.39 is 0 Å². The van der Waals surface area contributed by atoms with Gasteiger partial charge >= 0.3 is 0 Å². The molecule has 3 rings (SSSR count). The first kappa shape index (κ1) is 12.6. The minimum atomic E-state index is 0.944. The quantitative estimate of drug-likeness (QED) is 0.173. The number of aromatic nitrogens is 1. The van der Waals surface area contributed by atoms with Gasteiger partial charge in [0.25, 0.3) is 0 Å². The number of para-hydroxylation sites is 2. The molecular weight excluding hydrogens is 238 g/mol. The van der Waals surface area contributed by atoms with Crippen molar-refractivity contribution < 1.29 is 0 Å². The van der Waals surface area contributed by atoms with Crippen molar-refractivity contribution in [3.63, 3.8) is 0 Å². The van der Waals surface area contributed by atoms with Crippen LogP contribution in [-0.4, -0.2) is 11.3 Å². The van der Waals surface area contributed by atoms with Gasteiger partial charge in [-0.05, 0) is 18.2 Å². The molecule has 3 aromatic rings. The smallest absolute Gasteiger partial charge is 0.156 e. The zero-order chi connectivity index (χ0) is 13.5. The van der Waals surface area contributed by atoms with Crippen LogP contribution >= 0.6 is 0 Å². The topological polar surface area (TPSA) is 87.5 Å². The molecule has 94 valence electrons. The van der Waals surface area contributed by atoms with Crippen LogP contribution in [0.5, 0.6) is 0 Å². The van der Waals surface area contributed by atoms with Crippen LogP contribution in [0.1, 0.15) is 0 Å². The molecule has 0 radical (unpaired) electrons. The number of hydrazone groups is 1. The van der Waals surface area contributed by atoms with Crippen LogP contribution in [-0.2, 0) is 0 Å². The average Bonchev–Trinajstić information content (AvgIpc) is 2.46.